The lowest BCUT2D eigenvalue weighted by atomic mass is 10.0. The van der Waals surface area contributed by atoms with E-state index in [-0.39, 0.29) is 24.8 Å². The lowest BCUT2D eigenvalue weighted by molar-refractivity contribution is 0.238. The van der Waals surface area contributed by atoms with Crippen molar-refractivity contribution in [3.05, 3.63) is 35.9 Å². The highest BCUT2D eigenvalue weighted by molar-refractivity contribution is 5.85. The fraction of sp³-hybridized carbons (Fsp3) is 0.571. The zero-order chi connectivity index (χ0) is 11.0. The molecule has 102 valence electrons. The summed E-state index contributed by atoms with van der Waals surface area (Å²) in [5.74, 6) is 0.888. The van der Waals surface area contributed by atoms with Crippen molar-refractivity contribution in [1.29, 1.82) is 0 Å². The van der Waals surface area contributed by atoms with Gasteiger partial charge in [-0.1, -0.05) is 30.3 Å². The van der Waals surface area contributed by atoms with Gasteiger partial charge < -0.3 is 5.32 Å². The van der Waals surface area contributed by atoms with Crippen LogP contribution in [0.2, 0.25) is 0 Å². The van der Waals surface area contributed by atoms with Gasteiger partial charge in [-0.2, -0.15) is 0 Å². The maximum atomic E-state index is 3.64. The molecule has 4 heteroatoms. The number of benzene rings is 1. The summed E-state index contributed by atoms with van der Waals surface area (Å²) in [5.41, 5.74) is 1.44. The maximum Gasteiger partial charge on any atom is 0.0261 e. The van der Waals surface area contributed by atoms with Crippen molar-refractivity contribution in [3.8, 4) is 0 Å². The first-order chi connectivity index (χ1) is 7.84. The van der Waals surface area contributed by atoms with E-state index in [1.165, 1.54) is 25.1 Å². The van der Waals surface area contributed by atoms with Crippen molar-refractivity contribution in [1.82, 2.24) is 10.2 Å². The number of likely N-dealkylation sites (tertiary alicyclic amines) is 1. The minimum Gasteiger partial charge on any atom is -0.312 e. The van der Waals surface area contributed by atoms with E-state index in [1.807, 2.05) is 0 Å². The molecule has 0 unspecified atom stereocenters. The van der Waals surface area contributed by atoms with Crippen LogP contribution in [0.5, 0.6) is 0 Å². The summed E-state index contributed by atoms with van der Waals surface area (Å²) in [5, 5.41) is 3.64. The lowest BCUT2D eigenvalue weighted by Gasteiger charge is -2.24. The van der Waals surface area contributed by atoms with Crippen molar-refractivity contribution in [2.24, 2.45) is 5.92 Å². The Labute approximate surface area is 122 Å². The van der Waals surface area contributed by atoms with Crippen LogP contribution in [-0.2, 0) is 6.54 Å². The Kier molecular flexibility index (Phi) is 5.93. The molecule has 0 spiro atoms. The summed E-state index contributed by atoms with van der Waals surface area (Å²) in [6, 6.07) is 12.2. The summed E-state index contributed by atoms with van der Waals surface area (Å²) in [7, 11) is 0. The molecule has 0 aromatic heterocycles. The van der Waals surface area contributed by atoms with E-state index in [4.69, 9.17) is 0 Å². The van der Waals surface area contributed by atoms with Gasteiger partial charge in [0, 0.05) is 25.2 Å². The average Bonchev–Trinajstić information content (AvgIpc) is 2.86. The topological polar surface area (TPSA) is 15.3 Å². The molecule has 2 aliphatic rings. The molecule has 2 fully saturated rings. The first-order valence-electron chi connectivity index (χ1n) is 6.36. The molecule has 0 bridgehead atoms. The Morgan fingerprint density at radius 2 is 1.94 bits per heavy atom. The predicted octanol–water partition coefficient (Wildman–Crippen LogP) is 2.71. The molecular weight excluding hydrogens is 267 g/mol. The van der Waals surface area contributed by atoms with Gasteiger partial charge in [0.15, 0.2) is 0 Å². The predicted molar refractivity (Wildman–Crippen MR) is 80.7 cm³/mol. The van der Waals surface area contributed by atoms with Crippen LogP contribution in [0.1, 0.15) is 18.9 Å². The molecular formula is C14H22Cl2N2. The molecule has 18 heavy (non-hydrogen) atoms. The Hall–Kier alpha value is -0.280. The molecule has 1 N–H and O–H groups in total. The van der Waals surface area contributed by atoms with Crippen LogP contribution in [0.4, 0.5) is 0 Å². The van der Waals surface area contributed by atoms with Gasteiger partial charge in [-0.3, -0.25) is 4.90 Å². The van der Waals surface area contributed by atoms with Crippen molar-refractivity contribution < 1.29 is 0 Å². The van der Waals surface area contributed by atoms with Gasteiger partial charge in [-0.05, 0) is 31.4 Å². The normalized spacial score (nSPS) is 30.4. The summed E-state index contributed by atoms with van der Waals surface area (Å²) < 4.78 is 0. The number of fused-ring (bicyclic) bond motifs is 1. The number of rotatable bonds is 2. The second kappa shape index (κ2) is 6.76. The smallest absolute Gasteiger partial charge is 0.0261 e. The highest BCUT2D eigenvalue weighted by Gasteiger charge is 2.41. The highest BCUT2D eigenvalue weighted by Crippen LogP contribution is 2.30. The molecule has 2 aliphatic heterocycles. The third-order valence-corrected chi connectivity index (χ3v) is 4.20. The fourth-order valence-corrected chi connectivity index (χ4v) is 3.27. The molecule has 0 saturated carbocycles. The molecule has 1 aromatic rings. The van der Waals surface area contributed by atoms with Crippen molar-refractivity contribution >= 4 is 24.8 Å². The molecule has 0 amide bonds. The molecule has 2 heterocycles. The second-order valence-electron chi connectivity index (χ2n) is 5.18. The van der Waals surface area contributed by atoms with Crippen molar-refractivity contribution in [2.75, 3.05) is 13.1 Å². The van der Waals surface area contributed by atoms with Gasteiger partial charge in [0.05, 0.1) is 0 Å². The van der Waals surface area contributed by atoms with E-state index in [0.717, 1.165) is 18.5 Å². The lowest BCUT2D eigenvalue weighted by Crippen LogP contribution is -2.38. The monoisotopic (exact) mass is 288 g/mol. The number of hydrogen-bond donors (Lipinski definition) is 1. The van der Waals surface area contributed by atoms with Crippen LogP contribution >= 0.6 is 24.8 Å². The van der Waals surface area contributed by atoms with Gasteiger partial charge in [0.2, 0.25) is 0 Å². The average molecular weight is 289 g/mol. The first kappa shape index (κ1) is 15.8. The van der Waals surface area contributed by atoms with E-state index in [1.54, 1.807) is 0 Å². The van der Waals surface area contributed by atoms with Crippen LogP contribution in [0.15, 0.2) is 30.3 Å². The minimum atomic E-state index is 0. The molecule has 3 rings (SSSR count). The summed E-state index contributed by atoms with van der Waals surface area (Å²) in [4.78, 5) is 2.62. The largest absolute Gasteiger partial charge is 0.312 e. The zero-order valence-electron chi connectivity index (χ0n) is 10.7. The second-order valence-corrected chi connectivity index (χ2v) is 5.18. The van der Waals surface area contributed by atoms with E-state index in [9.17, 15) is 0 Å². The fourth-order valence-electron chi connectivity index (χ4n) is 3.27. The van der Waals surface area contributed by atoms with Gasteiger partial charge in [-0.25, -0.2) is 0 Å². The van der Waals surface area contributed by atoms with Gasteiger partial charge in [-0.15, -0.1) is 24.8 Å². The van der Waals surface area contributed by atoms with E-state index < -0.39 is 0 Å². The molecule has 3 atom stereocenters. The molecule has 2 saturated heterocycles. The Balaban J connectivity index is 0.000000810. The quantitative estimate of drug-likeness (QED) is 0.900. The summed E-state index contributed by atoms with van der Waals surface area (Å²) in [6.07, 6.45) is 1.36. The first-order valence-corrected chi connectivity index (χ1v) is 6.36. The number of hydrogen-bond acceptors (Lipinski definition) is 2. The summed E-state index contributed by atoms with van der Waals surface area (Å²) >= 11 is 0. The van der Waals surface area contributed by atoms with Crippen molar-refractivity contribution in [2.45, 2.75) is 32.0 Å². The zero-order valence-corrected chi connectivity index (χ0v) is 12.3. The standard InChI is InChI=1S/C14H20N2.2ClH/c1-11-14-13(7-8-15-14)10-16(11)9-12-5-3-2-4-6-12;;/h2-6,11,13-15H,7-10H2,1H3;2*1H/t11-,13+,14-;;/m1../s1. The molecule has 0 aliphatic carbocycles. The Bertz CT molecular complexity index is 358. The van der Waals surface area contributed by atoms with Crippen molar-refractivity contribution in [3.63, 3.8) is 0 Å². The number of nitrogens with zero attached hydrogens (tertiary/aromatic N) is 1. The van der Waals surface area contributed by atoms with E-state index >= 15 is 0 Å². The molecule has 0 radical (unpaired) electrons. The third-order valence-electron chi connectivity index (χ3n) is 4.20. The van der Waals surface area contributed by atoms with Crippen LogP contribution in [0, 0.1) is 5.92 Å². The van der Waals surface area contributed by atoms with Crippen LogP contribution in [0.3, 0.4) is 0 Å². The van der Waals surface area contributed by atoms with E-state index in [0.29, 0.717) is 6.04 Å². The van der Waals surface area contributed by atoms with Crippen LogP contribution in [-0.4, -0.2) is 30.1 Å². The molecule has 2 nitrogen and oxygen atoms in total. The highest BCUT2D eigenvalue weighted by atomic mass is 35.5. The SMILES string of the molecule is C[C@@H]1[C@H]2NCC[C@H]2CN1Cc1ccccc1.Cl.Cl. The molecule has 1 aromatic carbocycles. The van der Waals surface area contributed by atoms with Gasteiger partial charge in [0.25, 0.3) is 0 Å². The Morgan fingerprint density at radius 3 is 2.61 bits per heavy atom. The summed E-state index contributed by atoms with van der Waals surface area (Å²) in [6.45, 7) is 5.97. The van der Waals surface area contributed by atoms with Gasteiger partial charge >= 0.3 is 0 Å². The maximum absolute atomic E-state index is 3.64. The number of nitrogens with one attached hydrogen (secondary N) is 1. The third kappa shape index (κ3) is 3.00. The van der Waals surface area contributed by atoms with Gasteiger partial charge in [0.1, 0.15) is 0 Å². The number of halogens is 2. The van der Waals surface area contributed by atoms with E-state index in [2.05, 4.69) is 47.5 Å². The Morgan fingerprint density at radius 1 is 1.22 bits per heavy atom. The minimum absolute atomic E-state index is 0. The van der Waals surface area contributed by atoms with Crippen LogP contribution in [0.25, 0.3) is 0 Å². The van der Waals surface area contributed by atoms with Crippen LogP contribution < -0.4 is 5.32 Å².